The third-order valence-corrected chi connectivity index (χ3v) is 4.67. The highest BCUT2D eigenvalue weighted by atomic mass is 15.4. The Balaban J connectivity index is 2.17. The monoisotopic (exact) mass is 404 g/mol. The molecule has 0 bridgehead atoms. The van der Waals surface area contributed by atoms with Crippen LogP contribution in [0.5, 0.6) is 0 Å². The third-order valence-electron chi connectivity index (χ3n) is 4.67. The SMILES string of the molecule is [C-]#[N+]c1c(C(C)(C)C)nn(C)c1/N=N/c1c(C(C)(C)C)nn(-c2ccccc2)c1N. The lowest BCUT2D eigenvalue weighted by atomic mass is 9.91. The molecule has 8 heteroatoms. The summed E-state index contributed by atoms with van der Waals surface area (Å²) in [7, 11) is 1.76. The Hall–Kier alpha value is -3.47. The summed E-state index contributed by atoms with van der Waals surface area (Å²) in [6, 6.07) is 9.67. The topological polar surface area (TPSA) is 90.7 Å². The number of aryl methyl sites for hydroxylation is 1. The Morgan fingerprint density at radius 3 is 2.07 bits per heavy atom. The van der Waals surface area contributed by atoms with Crippen LogP contribution in [0, 0.1) is 6.57 Å². The first-order valence-electron chi connectivity index (χ1n) is 9.76. The van der Waals surface area contributed by atoms with E-state index in [-0.39, 0.29) is 10.8 Å². The summed E-state index contributed by atoms with van der Waals surface area (Å²) >= 11 is 0. The summed E-state index contributed by atoms with van der Waals surface area (Å²) in [5, 5.41) is 18.1. The van der Waals surface area contributed by atoms with Crippen LogP contribution in [0.1, 0.15) is 52.9 Å². The Morgan fingerprint density at radius 1 is 0.933 bits per heavy atom. The number of anilines is 1. The van der Waals surface area contributed by atoms with E-state index in [4.69, 9.17) is 17.4 Å². The van der Waals surface area contributed by atoms with Gasteiger partial charge < -0.3 is 5.73 Å². The highest BCUT2D eigenvalue weighted by Crippen LogP contribution is 2.41. The molecule has 1 aromatic carbocycles. The van der Waals surface area contributed by atoms with E-state index in [0.717, 1.165) is 11.4 Å². The molecule has 0 aliphatic carbocycles. The molecule has 2 aromatic heterocycles. The Morgan fingerprint density at radius 2 is 1.53 bits per heavy atom. The number of hydrogen-bond donors (Lipinski definition) is 1. The van der Waals surface area contributed by atoms with E-state index in [1.165, 1.54) is 0 Å². The summed E-state index contributed by atoms with van der Waals surface area (Å²) in [4.78, 5) is 3.68. The zero-order valence-electron chi connectivity index (χ0n) is 18.6. The van der Waals surface area contributed by atoms with Crippen LogP contribution in [0.4, 0.5) is 23.0 Å². The Bertz CT molecular complexity index is 1130. The van der Waals surface area contributed by atoms with Crippen molar-refractivity contribution in [1.82, 2.24) is 19.6 Å². The van der Waals surface area contributed by atoms with Crippen molar-refractivity contribution in [2.75, 3.05) is 5.73 Å². The van der Waals surface area contributed by atoms with E-state index in [9.17, 15) is 0 Å². The van der Waals surface area contributed by atoms with Crippen molar-refractivity contribution in [2.45, 2.75) is 52.4 Å². The summed E-state index contributed by atoms with van der Waals surface area (Å²) in [6.07, 6.45) is 0. The molecule has 2 heterocycles. The second-order valence-electron chi connectivity index (χ2n) is 9.29. The van der Waals surface area contributed by atoms with Gasteiger partial charge in [-0.25, -0.2) is 9.53 Å². The molecule has 0 saturated carbocycles. The van der Waals surface area contributed by atoms with Gasteiger partial charge in [-0.15, -0.1) is 10.2 Å². The number of aromatic nitrogens is 4. The fourth-order valence-electron chi connectivity index (χ4n) is 3.11. The van der Waals surface area contributed by atoms with Gasteiger partial charge >= 0.3 is 0 Å². The maximum atomic E-state index is 7.63. The van der Waals surface area contributed by atoms with Crippen molar-refractivity contribution < 1.29 is 0 Å². The van der Waals surface area contributed by atoms with E-state index in [1.807, 2.05) is 51.1 Å². The first-order valence-corrected chi connectivity index (χ1v) is 9.76. The highest BCUT2D eigenvalue weighted by molar-refractivity contribution is 5.69. The van der Waals surface area contributed by atoms with Crippen LogP contribution in [0.3, 0.4) is 0 Å². The van der Waals surface area contributed by atoms with Crippen molar-refractivity contribution in [3.63, 3.8) is 0 Å². The second-order valence-corrected chi connectivity index (χ2v) is 9.29. The number of azo groups is 1. The molecular weight excluding hydrogens is 376 g/mol. The number of nitrogen functional groups attached to an aromatic ring is 1. The predicted octanol–water partition coefficient (Wildman–Crippen LogP) is 5.75. The van der Waals surface area contributed by atoms with Crippen LogP contribution in [-0.2, 0) is 17.9 Å². The quantitative estimate of drug-likeness (QED) is 0.445. The maximum Gasteiger partial charge on any atom is 0.255 e. The maximum absolute atomic E-state index is 7.63. The Labute approximate surface area is 177 Å². The van der Waals surface area contributed by atoms with Crippen LogP contribution in [0.15, 0.2) is 40.6 Å². The van der Waals surface area contributed by atoms with Gasteiger partial charge in [-0.3, -0.25) is 4.68 Å². The van der Waals surface area contributed by atoms with Gasteiger partial charge in [0.15, 0.2) is 17.3 Å². The lowest BCUT2D eigenvalue weighted by Crippen LogP contribution is -2.13. The van der Waals surface area contributed by atoms with Crippen LogP contribution >= 0.6 is 0 Å². The second kappa shape index (κ2) is 7.41. The summed E-state index contributed by atoms with van der Waals surface area (Å²) in [5.74, 6) is 0.805. The zero-order chi connectivity index (χ0) is 22.3. The third kappa shape index (κ3) is 3.83. The number of benzene rings is 1. The fraction of sp³-hybridized carbons (Fsp3) is 0.409. The molecule has 0 aliphatic heterocycles. The van der Waals surface area contributed by atoms with Crippen molar-refractivity contribution in [3.8, 4) is 5.69 Å². The number of hydrogen-bond acceptors (Lipinski definition) is 5. The van der Waals surface area contributed by atoms with Gasteiger partial charge in [0.2, 0.25) is 0 Å². The smallest absolute Gasteiger partial charge is 0.255 e. The fourth-order valence-corrected chi connectivity index (χ4v) is 3.11. The summed E-state index contributed by atoms with van der Waals surface area (Å²) < 4.78 is 3.26. The van der Waals surface area contributed by atoms with Gasteiger partial charge in [0.05, 0.1) is 23.6 Å². The standard InChI is InChI=1S/C22H28N8/c1-21(2,3)17-15(19(23)30(28-17)14-12-10-9-11-13-14)25-26-20-16(24-7)18(22(4,5)6)27-29(20)8/h9-13H,23H2,1-6,8H3/b26-25+. The molecule has 0 amide bonds. The lowest BCUT2D eigenvalue weighted by molar-refractivity contribution is 0.555. The number of nitrogens with zero attached hydrogens (tertiary/aromatic N) is 7. The first-order chi connectivity index (χ1) is 13.9. The minimum absolute atomic E-state index is 0.279. The van der Waals surface area contributed by atoms with Crippen molar-refractivity contribution in [1.29, 1.82) is 0 Å². The van der Waals surface area contributed by atoms with Gasteiger partial charge in [0, 0.05) is 12.5 Å². The van der Waals surface area contributed by atoms with E-state index in [2.05, 4.69) is 40.9 Å². The normalized spacial score (nSPS) is 12.5. The van der Waals surface area contributed by atoms with Crippen LogP contribution < -0.4 is 5.73 Å². The molecule has 0 radical (unpaired) electrons. The minimum Gasteiger partial charge on any atom is -0.382 e. The molecule has 0 spiro atoms. The molecule has 2 N–H and O–H groups in total. The minimum atomic E-state index is -0.297. The average molecular weight is 405 g/mol. The number of nitrogens with two attached hydrogens (primary N) is 1. The van der Waals surface area contributed by atoms with E-state index in [1.54, 1.807) is 16.4 Å². The highest BCUT2D eigenvalue weighted by Gasteiger charge is 2.28. The van der Waals surface area contributed by atoms with Crippen LogP contribution in [0.2, 0.25) is 0 Å². The molecule has 3 rings (SSSR count). The molecule has 8 nitrogen and oxygen atoms in total. The molecule has 0 aliphatic rings. The van der Waals surface area contributed by atoms with Gasteiger partial charge in [0.1, 0.15) is 0 Å². The first kappa shape index (κ1) is 21.2. The van der Waals surface area contributed by atoms with Gasteiger partial charge in [-0.1, -0.05) is 59.7 Å². The largest absolute Gasteiger partial charge is 0.382 e. The summed E-state index contributed by atoms with van der Waals surface area (Å²) in [5.41, 5.74) is 9.04. The molecule has 30 heavy (non-hydrogen) atoms. The van der Waals surface area contributed by atoms with E-state index < -0.39 is 0 Å². The van der Waals surface area contributed by atoms with E-state index in [0.29, 0.717) is 28.7 Å². The molecule has 3 aromatic rings. The van der Waals surface area contributed by atoms with Gasteiger partial charge in [0.25, 0.3) is 5.69 Å². The van der Waals surface area contributed by atoms with Crippen LogP contribution in [0.25, 0.3) is 10.5 Å². The van der Waals surface area contributed by atoms with Crippen molar-refractivity contribution in [2.24, 2.45) is 17.3 Å². The van der Waals surface area contributed by atoms with Crippen molar-refractivity contribution >= 4 is 23.0 Å². The molecule has 0 saturated heterocycles. The summed E-state index contributed by atoms with van der Waals surface area (Å²) in [6.45, 7) is 19.8. The van der Waals surface area contributed by atoms with Crippen LogP contribution in [-0.4, -0.2) is 19.6 Å². The predicted molar refractivity (Wildman–Crippen MR) is 119 cm³/mol. The Kier molecular flexibility index (Phi) is 5.25. The average Bonchev–Trinajstić information content (AvgIpc) is 3.17. The van der Waals surface area contributed by atoms with Gasteiger partial charge in [-0.2, -0.15) is 10.2 Å². The van der Waals surface area contributed by atoms with E-state index >= 15 is 0 Å². The molecule has 0 unspecified atom stereocenters. The van der Waals surface area contributed by atoms with Gasteiger partial charge in [-0.05, 0) is 17.5 Å². The zero-order valence-corrected chi connectivity index (χ0v) is 18.6. The molecule has 156 valence electrons. The number of rotatable bonds is 3. The number of para-hydroxylation sites is 1. The lowest BCUT2D eigenvalue weighted by Gasteiger charge is -2.15. The molecule has 0 atom stereocenters. The molecular formula is C22H28N8. The van der Waals surface area contributed by atoms with Crippen molar-refractivity contribution in [3.05, 3.63) is 53.1 Å². The molecule has 0 fully saturated rings.